The van der Waals surface area contributed by atoms with Crippen LogP contribution in [0.4, 0.5) is 4.79 Å². The predicted molar refractivity (Wildman–Crippen MR) is 214 cm³/mol. The number of hydrogen-bond acceptors (Lipinski definition) is 9. The van der Waals surface area contributed by atoms with Crippen LogP contribution in [0.2, 0.25) is 0 Å². The predicted octanol–water partition coefficient (Wildman–Crippen LogP) is 5.83. The number of aliphatic imine (C=N–C) groups is 1. The highest BCUT2D eigenvalue weighted by Gasteiger charge is 2.32. The van der Waals surface area contributed by atoms with E-state index in [4.69, 9.17) is 24.7 Å². The topological polar surface area (TPSA) is 180 Å². The maximum Gasteiger partial charge on any atom is 0.407 e. The van der Waals surface area contributed by atoms with Crippen molar-refractivity contribution in [1.29, 1.82) is 0 Å². The number of benzene rings is 3. The number of fused-ring (bicyclic) bond motifs is 3. The Bertz CT molecular complexity index is 1880. The van der Waals surface area contributed by atoms with Gasteiger partial charge in [-0.05, 0) is 105 Å². The minimum absolute atomic E-state index is 0.0695. The molecular weight excluding hydrogens is 723 g/mol. The van der Waals surface area contributed by atoms with E-state index >= 15 is 0 Å². The molecule has 2 amide bonds. The van der Waals surface area contributed by atoms with Crippen molar-refractivity contribution < 1.29 is 37.0 Å². The van der Waals surface area contributed by atoms with Gasteiger partial charge in [-0.2, -0.15) is 0 Å². The molecule has 3 aromatic carbocycles. The number of nitrogens with zero attached hydrogens (tertiary/aromatic N) is 1. The molecule has 0 spiro atoms. The number of rotatable bonds is 19. The van der Waals surface area contributed by atoms with Gasteiger partial charge in [0.1, 0.15) is 18.4 Å². The second-order valence-corrected chi connectivity index (χ2v) is 15.7. The van der Waals surface area contributed by atoms with Crippen LogP contribution in [0.25, 0.3) is 11.1 Å². The number of amides is 2. The summed E-state index contributed by atoms with van der Waals surface area (Å²) in [6, 6.07) is 16.2. The van der Waals surface area contributed by atoms with Crippen LogP contribution in [-0.4, -0.2) is 78.2 Å². The molecule has 14 heteroatoms. The normalized spacial score (nSPS) is 14.0. The molecule has 0 fully saturated rings. The molecule has 0 saturated carbocycles. The van der Waals surface area contributed by atoms with Gasteiger partial charge in [0.05, 0.1) is 18.0 Å². The highest BCUT2D eigenvalue weighted by Crippen LogP contribution is 2.44. The van der Waals surface area contributed by atoms with E-state index in [9.17, 15) is 18.0 Å². The molecule has 13 nitrogen and oxygen atoms in total. The molecule has 0 aromatic heterocycles. The van der Waals surface area contributed by atoms with Crippen LogP contribution < -0.4 is 25.8 Å². The van der Waals surface area contributed by atoms with E-state index in [-0.39, 0.29) is 48.7 Å². The number of carbonyl (C=O) groups excluding carboxylic acids is 2. The molecule has 1 aliphatic carbocycles. The monoisotopic (exact) mass is 779 g/mol. The molecule has 0 bridgehead atoms. The van der Waals surface area contributed by atoms with Gasteiger partial charge in [-0.15, -0.1) is 0 Å². The van der Waals surface area contributed by atoms with Gasteiger partial charge < -0.3 is 35.3 Å². The third-order valence-corrected chi connectivity index (χ3v) is 11.3. The molecule has 5 N–H and O–H groups in total. The third-order valence-electron chi connectivity index (χ3n) is 9.63. The average Bonchev–Trinajstić information content (AvgIpc) is 3.46. The number of alkyl carbamates (subject to hydrolysis) is 1. The SMILES string of the molecule is CCOC(OCC)[C@H](CC(C)C)NC(=O)[C@H](CCCN=C(N)NS(=O)(=O)c1c(C)cc(OC)c(C)c1C)NC(=O)OCC1c2ccccc2-c2ccccc21. The number of aryl methyl sites for hydroxylation is 1. The van der Waals surface area contributed by atoms with Crippen LogP contribution in [0.5, 0.6) is 5.75 Å². The van der Waals surface area contributed by atoms with E-state index in [0.29, 0.717) is 42.1 Å². The maximum absolute atomic E-state index is 13.9. The van der Waals surface area contributed by atoms with Gasteiger partial charge >= 0.3 is 6.09 Å². The maximum atomic E-state index is 13.9. The minimum atomic E-state index is -4.07. The Morgan fingerprint density at radius 1 is 0.909 bits per heavy atom. The Morgan fingerprint density at radius 3 is 2.07 bits per heavy atom. The second kappa shape index (κ2) is 19.8. The molecule has 3 aromatic rings. The summed E-state index contributed by atoms with van der Waals surface area (Å²) in [4.78, 5) is 31.7. The highest BCUT2D eigenvalue weighted by atomic mass is 32.2. The summed E-state index contributed by atoms with van der Waals surface area (Å²) in [5.74, 6) is -0.108. The van der Waals surface area contributed by atoms with Crippen molar-refractivity contribution in [3.05, 3.63) is 82.4 Å². The van der Waals surface area contributed by atoms with Crippen LogP contribution in [0, 0.1) is 26.7 Å². The molecular formula is C41H57N5O8S. The Kier molecular flexibility index (Phi) is 15.5. The van der Waals surface area contributed by atoms with Crippen LogP contribution in [0.1, 0.15) is 80.7 Å². The van der Waals surface area contributed by atoms with Crippen molar-refractivity contribution in [2.45, 2.75) is 96.9 Å². The molecule has 0 aliphatic heterocycles. The number of nitrogens with two attached hydrogens (primary N) is 1. The summed E-state index contributed by atoms with van der Waals surface area (Å²) < 4.78 is 51.9. The first-order valence-corrected chi connectivity index (χ1v) is 20.3. The van der Waals surface area contributed by atoms with Crippen molar-refractivity contribution in [2.24, 2.45) is 16.6 Å². The number of carbonyl (C=O) groups is 2. The van der Waals surface area contributed by atoms with Gasteiger partial charge in [0.25, 0.3) is 10.0 Å². The van der Waals surface area contributed by atoms with Crippen molar-refractivity contribution in [3.8, 4) is 16.9 Å². The van der Waals surface area contributed by atoms with Crippen molar-refractivity contribution >= 4 is 28.0 Å². The van der Waals surface area contributed by atoms with E-state index in [0.717, 1.165) is 22.3 Å². The highest BCUT2D eigenvalue weighted by molar-refractivity contribution is 7.90. The summed E-state index contributed by atoms with van der Waals surface area (Å²) in [6.07, 6.45) is -0.431. The first kappa shape index (κ1) is 43.1. The lowest BCUT2D eigenvalue weighted by molar-refractivity contribution is -0.161. The lowest BCUT2D eigenvalue weighted by atomic mass is 9.98. The average molecular weight is 780 g/mol. The first-order valence-electron chi connectivity index (χ1n) is 18.8. The quantitative estimate of drug-likeness (QED) is 0.0504. The smallest absolute Gasteiger partial charge is 0.407 e. The molecule has 0 saturated heterocycles. The zero-order chi connectivity index (χ0) is 40.3. The third kappa shape index (κ3) is 11.0. The Labute approximate surface area is 325 Å². The minimum Gasteiger partial charge on any atom is -0.496 e. The standard InChI is InChI=1S/C41H57N5O8S/c1-9-52-39(53-10-2)35(22-25(3)4)44-38(47)34(45-41(48)54-24-33-31-18-13-11-16-29(31)30-17-12-14-19-32(30)33)20-15-21-43-40(42)46-55(49,50)37-26(5)23-36(51-8)27(6)28(37)7/h11-14,16-19,23,25,33-35,39H,9-10,15,20-22,24H2,1-8H3,(H,44,47)(H,45,48)(H3,42,43,46)/t34-,35-/m0/s1. The first-order chi connectivity index (χ1) is 26.2. The summed E-state index contributed by atoms with van der Waals surface area (Å²) in [5, 5.41) is 5.82. The molecule has 4 rings (SSSR count). The van der Waals surface area contributed by atoms with Gasteiger partial charge in [-0.1, -0.05) is 62.4 Å². The summed E-state index contributed by atoms with van der Waals surface area (Å²) in [6.45, 7) is 13.9. The van der Waals surface area contributed by atoms with Crippen molar-refractivity contribution in [2.75, 3.05) is 33.5 Å². The van der Waals surface area contributed by atoms with E-state index in [1.165, 1.54) is 7.11 Å². The summed E-state index contributed by atoms with van der Waals surface area (Å²) in [7, 11) is -2.54. The molecule has 0 unspecified atom stereocenters. The molecule has 1 aliphatic rings. The fourth-order valence-corrected chi connectivity index (χ4v) is 8.53. The van der Waals surface area contributed by atoms with E-state index < -0.39 is 40.4 Å². The van der Waals surface area contributed by atoms with Gasteiger partial charge in [0, 0.05) is 25.7 Å². The van der Waals surface area contributed by atoms with Gasteiger partial charge in [-0.3, -0.25) is 9.79 Å². The van der Waals surface area contributed by atoms with Gasteiger partial charge in [0.2, 0.25) is 11.9 Å². The number of nitrogens with one attached hydrogen (secondary N) is 3. The number of methoxy groups -OCH3 is 1. The number of ether oxygens (including phenoxy) is 4. The largest absolute Gasteiger partial charge is 0.496 e. The summed E-state index contributed by atoms with van der Waals surface area (Å²) in [5.41, 5.74) is 12.1. The number of sulfonamides is 1. The second-order valence-electron chi connectivity index (χ2n) is 14.0. The molecule has 2 atom stereocenters. The lowest BCUT2D eigenvalue weighted by Crippen LogP contribution is -2.54. The zero-order valence-corrected chi connectivity index (χ0v) is 34.0. The van der Waals surface area contributed by atoms with Gasteiger partial charge in [0.15, 0.2) is 6.29 Å². The molecule has 0 radical (unpaired) electrons. The fraction of sp³-hybridized carbons (Fsp3) is 0.488. The Morgan fingerprint density at radius 2 is 1.51 bits per heavy atom. The van der Waals surface area contributed by atoms with Crippen LogP contribution in [-0.2, 0) is 29.0 Å². The van der Waals surface area contributed by atoms with Crippen molar-refractivity contribution in [3.63, 3.8) is 0 Å². The number of hydrogen-bond donors (Lipinski definition) is 4. The van der Waals surface area contributed by atoms with E-state index in [1.807, 2.05) is 64.1 Å². The van der Waals surface area contributed by atoms with Crippen LogP contribution in [0.3, 0.4) is 0 Å². The van der Waals surface area contributed by atoms with Gasteiger partial charge in [-0.25, -0.2) is 17.9 Å². The lowest BCUT2D eigenvalue weighted by Gasteiger charge is -2.30. The molecule has 55 heavy (non-hydrogen) atoms. The summed E-state index contributed by atoms with van der Waals surface area (Å²) >= 11 is 0. The Balaban J connectivity index is 1.48. The van der Waals surface area contributed by atoms with Crippen LogP contribution in [0.15, 0.2) is 64.5 Å². The van der Waals surface area contributed by atoms with Crippen LogP contribution >= 0.6 is 0 Å². The van der Waals surface area contributed by atoms with Crippen molar-refractivity contribution in [1.82, 2.24) is 15.4 Å². The fourth-order valence-electron chi connectivity index (χ4n) is 7.05. The molecule has 300 valence electrons. The Hall–Kier alpha value is -4.66. The van der Waals surface area contributed by atoms with E-state index in [1.54, 1.807) is 26.8 Å². The molecule has 0 heterocycles. The van der Waals surface area contributed by atoms with E-state index in [2.05, 4.69) is 32.5 Å². The zero-order valence-electron chi connectivity index (χ0n) is 33.2. The number of guanidine groups is 1.